The van der Waals surface area contributed by atoms with E-state index in [2.05, 4.69) is 12.1 Å². The summed E-state index contributed by atoms with van der Waals surface area (Å²) in [4.78, 5) is 27.3. The second-order valence-corrected chi connectivity index (χ2v) is 8.50. The highest BCUT2D eigenvalue weighted by Gasteiger charge is 2.33. The van der Waals surface area contributed by atoms with Crippen LogP contribution >= 0.6 is 11.6 Å². The van der Waals surface area contributed by atoms with Gasteiger partial charge in [0, 0.05) is 37.4 Å². The van der Waals surface area contributed by atoms with Crippen LogP contribution < -0.4 is 4.74 Å². The van der Waals surface area contributed by atoms with Gasteiger partial charge in [0.25, 0.3) is 0 Å². The molecule has 0 aliphatic carbocycles. The van der Waals surface area contributed by atoms with Crippen molar-refractivity contribution in [3.05, 3.63) is 64.7 Å². The van der Waals surface area contributed by atoms with Gasteiger partial charge in [0.05, 0.1) is 7.11 Å². The van der Waals surface area contributed by atoms with Crippen LogP contribution in [-0.4, -0.2) is 36.8 Å². The molecule has 1 aliphatic rings. The summed E-state index contributed by atoms with van der Waals surface area (Å²) >= 11 is 5.95. The molecule has 160 valence electrons. The number of Topliss-reactive ketones (excluding diaryl/α,β-unsaturated/α-hetero) is 1. The molecule has 1 fully saturated rings. The highest BCUT2D eigenvalue weighted by molar-refractivity contribution is 6.30. The minimum Gasteiger partial charge on any atom is -0.497 e. The average molecular weight is 428 g/mol. The van der Waals surface area contributed by atoms with Crippen LogP contribution in [-0.2, 0) is 16.0 Å². The smallest absolute Gasteiger partial charge is 0.222 e. The number of piperidine rings is 1. The molecule has 1 aliphatic heterocycles. The lowest BCUT2D eigenvalue weighted by molar-refractivity contribution is -0.134. The summed E-state index contributed by atoms with van der Waals surface area (Å²) in [5.74, 6) is 1.60. The summed E-state index contributed by atoms with van der Waals surface area (Å²) in [6.45, 7) is 3.41. The highest BCUT2D eigenvalue weighted by Crippen LogP contribution is 2.36. The van der Waals surface area contributed by atoms with E-state index in [9.17, 15) is 9.59 Å². The van der Waals surface area contributed by atoms with Crippen LogP contribution in [0.4, 0.5) is 0 Å². The topological polar surface area (TPSA) is 46.6 Å². The molecule has 2 atom stereocenters. The lowest BCUT2D eigenvalue weighted by Crippen LogP contribution is -2.43. The van der Waals surface area contributed by atoms with E-state index in [-0.39, 0.29) is 23.5 Å². The number of hydrogen-bond donors (Lipinski definition) is 0. The largest absolute Gasteiger partial charge is 0.497 e. The Labute approximate surface area is 184 Å². The van der Waals surface area contributed by atoms with Gasteiger partial charge in [0.2, 0.25) is 5.91 Å². The fraction of sp³-hybridized carbons (Fsp3) is 0.440. The fourth-order valence-corrected chi connectivity index (χ4v) is 4.45. The summed E-state index contributed by atoms with van der Waals surface area (Å²) in [5.41, 5.74) is 2.18. The number of methoxy groups -OCH3 is 1. The monoisotopic (exact) mass is 427 g/mol. The van der Waals surface area contributed by atoms with Gasteiger partial charge in [0.1, 0.15) is 11.5 Å². The fourth-order valence-electron chi connectivity index (χ4n) is 4.32. The third kappa shape index (κ3) is 5.85. The van der Waals surface area contributed by atoms with E-state index >= 15 is 0 Å². The summed E-state index contributed by atoms with van der Waals surface area (Å²) in [7, 11) is 1.66. The van der Waals surface area contributed by atoms with Crippen molar-refractivity contribution in [2.24, 2.45) is 5.92 Å². The van der Waals surface area contributed by atoms with Crippen LogP contribution in [0, 0.1) is 5.92 Å². The molecular weight excluding hydrogens is 398 g/mol. The molecule has 1 saturated heterocycles. The van der Waals surface area contributed by atoms with Gasteiger partial charge in [-0.15, -0.1) is 0 Å². The molecule has 2 aromatic carbocycles. The number of carbonyl (C=O) groups excluding carboxylic acids is 2. The summed E-state index contributed by atoms with van der Waals surface area (Å²) < 4.78 is 5.28. The third-order valence-corrected chi connectivity index (χ3v) is 6.15. The zero-order valence-electron chi connectivity index (χ0n) is 17.8. The number of rotatable bonds is 8. The van der Waals surface area contributed by atoms with Gasteiger partial charge >= 0.3 is 0 Å². The Hall–Kier alpha value is -2.33. The van der Waals surface area contributed by atoms with Crippen LogP contribution in [0.15, 0.2) is 48.5 Å². The lowest BCUT2D eigenvalue weighted by atomic mass is 9.77. The molecule has 1 heterocycles. The highest BCUT2D eigenvalue weighted by atomic mass is 35.5. The van der Waals surface area contributed by atoms with Crippen LogP contribution in [0.3, 0.4) is 0 Å². The van der Waals surface area contributed by atoms with Gasteiger partial charge in [0.15, 0.2) is 0 Å². The number of ether oxygens (including phenoxy) is 1. The average Bonchev–Trinajstić information content (AvgIpc) is 2.75. The molecule has 3 rings (SSSR count). The van der Waals surface area contributed by atoms with Gasteiger partial charge in [-0.25, -0.2) is 0 Å². The Bertz CT molecular complexity index is 848. The maximum absolute atomic E-state index is 12.9. The van der Waals surface area contributed by atoms with Crippen LogP contribution in [0.2, 0.25) is 5.02 Å². The first-order chi connectivity index (χ1) is 14.5. The Morgan fingerprint density at radius 2 is 1.80 bits per heavy atom. The molecule has 0 spiro atoms. The van der Waals surface area contributed by atoms with E-state index in [0.717, 1.165) is 30.7 Å². The van der Waals surface area contributed by atoms with Gasteiger partial charge in [-0.1, -0.05) is 42.8 Å². The second-order valence-electron chi connectivity index (χ2n) is 8.06. The van der Waals surface area contributed by atoms with Crippen molar-refractivity contribution in [1.29, 1.82) is 0 Å². The van der Waals surface area contributed by atoms with Crippen molar-refractivity contribution in [2.45, 2.75) is 44.9 Å². The minimum atomic E-state index is 0.118. The molecule has 1 amide bonds. The number of likely N-dealkylation sites (tertiary alicyclic amines) is 1. The van der Waals surface area contributed by atoms with Gasteiger partial charge in [-0.3, -0.25) is 9.59 Å². The quantitative estimate of drug-likeness (QED) is 0.575. The van der Waals surface area contributed by atoms with Crippen molar-refractivity contribution in [3.63, 3.8) is 0 Å². The maximum atomic E-state index is 12.9. The van der Waals surface area contributed by atoms with Gasteiger partial charge in [-0.05, 0) is 60.1 Å². The standard InChI is InChI=1S/C25H30ClNO3/c1-3-4-25(29)27-14-13-24(19-7-11-23(30-2)12-8-19)20(17-27)16-22(28)15-18-5-9-21(26)10-6-18/h5-12,20,24H,3-4,13-17H2,1-2H3/t20-,24?/m1/s1. The van der Waals surface area contributed by atoms with E-state index < -0.39 is 0 Å². The molecule has 0 bridgehead atoms. The first kappa shape index (κ1) is 22.4. The number of amides is 1. The van der Waals surface area contributed by atoms with Crippen LogP contribution in [0.5, 0.6) is 5.75 Å². The Kier molecular flexibility index (Phi) is 7.92. The number of benzene rings is 2. The molecule has 0 radical (unpaired) electrons. The Balaban J connectivity index is 1.74. The van der Waals surface area contributed by atoms with Crippen molar-refractivity contribution in [2.75, 3.05) is 20.2 Å². The first-order valence-corrected chi connectivity index (χ1v) is 11.1. The number of ketones is 1. The summed E-state index contributed by atoms with van der Waals surface area (Å²) in [5, 5.41) is 0.670. The van der Waals surface area contributed by atoms with Crippen molar-refractivity contribution >= 4 is 23.3 Å². The van der Waals surface area contributed by atoms with Crippen molar-refractivity contribution in [1.82, 2.24) is 4.90 Å². The molecular formula is C25H30ClNO3. The van der Waals surface area contributed by atoms with Crippen LogP contribution in [0.1, 0.15) is 49.7 Å². The minimum absolute atomic E-state index is 0.118. The third-order valence-electron chi connectivity index (χ3n) is 5.90. The van der Waals surface area contributed by atoms with E-state index in [4.69, 9.17) is 16.3 Å². The van der Waals surface area contributed by atoms with Crippen LogP contribution in [0.25, 0.3) is 0 Å². The van der Waals surface area contributed by atoms with Crippen molar-refractivity contribution in [3.8, 4) is 5.75 Å². The number of hydrogen-bond acceptors (Lipinski definition) is 3. The number of halogens is 1. The predicted molar refractivity (Wildman–Crippen MR) is 120 cm³/mol. The Morgan fingerprint density at radius 1 is 1.10 bits per heavy atom. The molecule has 2 aromatic rings. The predicted octanol–water partition coefficient (Wildman–Crippen LogP) is 5.28. The SMILES string of the molecule is CCCC(=O)N1CCC(c2ccc(OC)cc2)[C@H](CC(=O)Cc2ccc(Cl)cc2)C1. The molecule has 4 nitrogen and oxygen atoms in total. The normalized spacial score (nSPS) is 18.8. The summed E-state index contributed by atoms with van der Waals surface area (Å²) in [6, 6.07) is 15.5. The first-order valence-electron chi connectivity index (χ1n) is 10.7. The molecule has 0 N–H and O–H groups in total. The second kappa shape index (κ2) is 10.6. The van der Waals surface area contributed by atoms with E-state index in [1.807, 2.05) is 48.2 Å². The van der Waals surface area contributed by atoms with Gasteiger partial charge < -0.3 is 9.64 Å². The number of carbonyl (C=O) groups is 2. The molecule has 0 aromatic heterocycles. The molecule has 0 saturated carbocycles. The van der Waals surface area contributed by atoms with Gasteiger partial charge in [-0.2, -0.15) is 0 Å². The zero-order chi connectivity index (χ0) is 21.5. The maximum Gasteiger partial charge on any atom is 0.222 e. The molecule has 1 unspecified atom stereocenters. The zero-order valence-corrected chi connectivity index (χ0v) is 18.5. The lowest BCUT2D eigenvalue weighted by Gasteiger charge is -2.39. The van der Waals surface area contributed by atoms with E-state index in [0.29, 0.717) is 30.8 Å². The summed E-state index contributed by atoms with van der Waals surface area (Å²) in [6.07, 6.45) is 3.15. The Morgan fingerprint density at radius 3 is 2.43 bits per heavy atom. The molecule has 30 heavy (non-hydrogen) atoms. The number of nitrogens with zero attached hydrogens (tertiary/aromatic N) is 1. The van der Waals surface area contributed by atoms with E-state index in [1.165, 1.54) is 5.56 Å². The molecule has 5 heteroatoms. The van der Waals surface area contributed by atoms with Crippen molar-refractivity contribution < 1.29 is 14.3 Å². The van der Waals surface area contributed by atoms with E-state index in [1.54, 1.807) is 7.11 Å².